The van der Waals surface area contributed by atoms with Gasteiger partial charge in [0.05, 0.1) is 7.11 Å². The fourth-order valence-electron chi connectivity index (χ4n) is 1.61. The van der Waals surface area contributed by atoms with E-state index in [0.29, 0.717) is 9.36 Å². The fourth-order valence-corrected chi connectivity index (χ4v) is 3.58. The summed E-state index contributed by atoms with van der Waals surface area (Å²) < 4.78 is 6.17. The maximum Gasteiger partial charge on any atom is 0.333 e. The number of halogens is 3. The average molecular weight is 395 g/mol. The van der Waals surface area contributed by atoms with Crippen molar-refractivity contribution in [3.05, 3.63) is 49.0 Å². The zero-order chi connectivity index (χ0) is 14.7. The van der Waals surface area contributed by atoms with Crippen molar-refractivity contribution in [1.29, 1.82) is 0 Å². The summed E-state index contributed by atoms with van der Waals surface area (Å²) in [7, 11) is 1.35. The number of benzene rings is 1. The molecule has 1 heterocycles. The summed E-state index contributed by atoms with van der Waals surface area (Å²) in [5, 5.41) is 3.69. The third kappa shape index (κ3) is 3.67. The number of anilines is 1. The van der Waals surface area contributed by atoms with Gasteiger partial charge in [-0.1, -0.05) is 29.3 Å². The lowest BCUT2D eigenvalue weighted by Gasteiger charge is -2.16. The molecule has 0 aliphatic carbocycles. The van der Waals surface area contributed by atoms with Gasteiger partial charge >= 0.3 is 5.97 Å². The smallest absolute Gasteiger partial charge is 0.333 e. The molecule has 1 N–H and O–H groups in total. The van der Waals surface area contributed by atoms with Crippen LogP contribution in [0.1, 0.15) is 10.9 Å². The van der Waals surface area contributed by atoms with Gasteiger partial charge in [0.15, 0.2) is 6.04 Å². The van der Waals surface area contributed by atoms with Gasteiger partial charge in [-0.3, -0.25) is 0 Å². The van der Waals surface area contributed by atoms with Crippen molar-refractivity contribution < 1.29 is 9.53 Å². The normalized spacial score (nSPS) is 12.0. The summed E-state index contributed by atoms with van der Waals surface area (Å²) in [6.07, 6.45) is 0. The van der Waals surface area contributed by atoms with Gasteiger partial charge in [-0.15, -0.1) is 11.3 Å². The maximum atomic E-state index is 12.0. The molecule has 2 rings (SSSR count). The van der Waals surface area contributed by atoms with Crippen molar-refractivity contribution in [1.82, 2.24) is 0 Å². The minimum atomic E-state index is -0.632. The van der Waals surface area contributed by atoms with E-state index in [1.165, 1.54) is 18.4 Å². The van der Waals surface area contributed by atoms with E-state index in [1.807, 2.05) is 6.07 Å². The van der Waals surface area contributed by atoms with Gasteiger partial charge in [-0.2, -0.15) is 0 Å². The monoisotopic (exact) mass is 393 g/mol. The summed E-state index contributed by atoms with van der Waals surface area (Å²) in [5.74, 6) is -0.393. The molecule has 1 atom stereocenters. The Hall–Kier alpha value is -0.750. The lowest BCUT2D eigenvalue weighted by Crippen LogP contribution is -2.21. The summed E-state index contributed by atoms with van der Waals surface area (Å²) in [4.78, 5) is 12.7. The molecular formula is C13H10BrCl2NO2S. The summed E-state index contributed by atoms with van der Waals surface area (Å²) in [5.41, 5.74) is 0.730. The van der Waals surface area contributed by atoms with Crippen molar-refractivity contribution in [3.63, 3.8) is 0 Å². The van der Waals surface area contributed by atoms with Gasteiger partial charge < -0.3 is 10.1 Å². The van der Waals surface area contributed by atoms with Crippen LogP contribution in [0.4, 0.5) is 5.69 Å². The topological polar surface area (TPSA) is 38.3 Å². The summed E-state index contributed by atoms with van der Waals surface area (Å²) in [6.45, 7) is 0. The number of carbonyl (C=O) groups excluding carboxylic acids is 1. The summed E-state index contributed by atoms with van der Waals surface area (Å²) in [6, 6.07) is 8.29. The number of ether oxygens (including phenoxy) is 1. The molecule has 7 heteroatoms. The van der Waals surface area contributed by atoms with Crippen LogP contribution < -0.4 is 5.32 Å². The van der Waals surface area contributed by atoms with Crippen LogP contribution in [-0.2, 0) is 9.53 Å². The third-order valence-corrected chi connectivity index (χ3v) is 5.30. The van der Waals surface area contributed by atoms with Crippen LogP contribution in [0.15, 0.2) is 34.8 Å². The van der Waals surface area contributed by atoms with Crippen LogP contribution in [0.5, 0.6) is 0 Å². The van der Waals surface area contributed by atoms with Crippen LogP contribution in [0.3, 0.4) is 0 Å². The van der Waals surface area contributed by atoms with Crippen molar-refractivity contribution in [3.8, 4) is 0 Å². The van der Waals surface area contributed by atoms with Crippen molar-refractivity contribution in [2.45, 2.75) is 6.04 Å². The third-order valence-electron chi connectivity index (χ3n) is 2.52. The fraction of sp³-hybridized carbons (Fsp3) is 0.154. The largest absolute Gasteiger partial charge is 0.467 e. The Labute approximate surface area is 139 Å². The van der Waals surface area contributed by atoms with E-state index in [2.05, 4.69) is 21.2 Å². The number of thiophene rings is 1. The second-order valence-corrected chi connectivity index (χ2v) is 6.86. The Bertz CT molecular complexity index is 613. The Morgan fingerprint density at radius 3 is 2.70 bits per heavy atom. The summed E-state index contributed by atoms with van der Waals surface area (Å²) >= 11 is 16.6. The molecule has 20 heavy (non-hydrogen) atoms. The van der Waals surface area contributed by atoms with E-state index in [0.717, 1.165) is 15.0 Å². The van der Waals surface area contributed by atoms with Gasteiger partial charge in [0.25, 0.3) is 0 Å². The Morgan fingerprint density at radius 2 is 2.15 bits per heavy atom. The van der Waals surface area contributed by atoms with Crippen molar-refractivity contribution in [2.24, 2.45) is 0 Å². The highest BCUT2D eigenvalue weighted by molar-refractivity contribution is 9.10. The number of esters is 1. The SMILES string of the molecule is COC(=O)C(Nc1cccc(Cl)c1)c1cc(Br)c(Cl)s1. The van der Waals surface area contributed by atoms with Crippen molar-refractivity contribution >= 4 is 62.1 Å². The Balaban J connectivity index is 2.31. The molecule has 0 radical (unpaired) electrons. The van der Waals surface area contributed by atoms with Crippen molar-refractivity contribution in [2.75, 3.05) is 12.4 Å². The van der Waals surface area contributed by atoms with Gasteiger partial charge in [0, 0.05) is 20.1 Å². The molecule has 1 unspecified atom stereocenters. The first-order valence-corrected chi connectivity index (χ1v) is 7.92. The van der Waals surface area contributed by atoms with E-state index >= 15 is 0 Å². The van der Waals surface area contributed by atoms with E-state index in [-0.39, 0.29) is 0 Å². The minimum Gasteiger partial charge on any atom is -0.467 e. The van der Waals surface area contributed by atoms with Gasteiger partial charge in [-0.25, -0.2) is 4.79 Å². The molecule has 0 aliphatic rings. The number of hydrogen-bond acceptors (Lipinski definition) is 4. The molecule has 0 saturated carbocycles. The standard InChI is InChI=1S/C13H10BrCl2NO2S/c1-19-13(18)11(10-6-9(14)12(16)20-10)17-8-4-2-3-7(15)5-8/h2-6,11,17H,1H3. The quantitative estimate of drug-likeness (QED) is 0.729. The molecule has 2 aromatic rings. The number of rotatable bonds is 4. The number of nitrogens with one attached hydrogen (secondary N) is 1. The molecule has 0 aliphatic heterocycles. The van der Waals surface area contributed by atoms with Crippen LogP contribution in [-0.4, -0.2) is 13.1 Å². The second-order valence-electron chi connectivity index (χ2n) is 3.88. The first kappa shape index (κ1) is 15.6. The Kier molecular flexibility index (Phi) is 5.32. The Morgan fingerprint density at radius 1 is 1.40 bits per heavy atom. The van der Waals surface area contributed by atoms with Gasteiger partial charge in [0.1, 0.15) is 4.34 Å². The molecule has 106 valence electrons. The van der Waals surface area contributed by atoms with Crippen LogP contribution in [0.25, 0.3) is 0 Å². The molecule has 1 aromatic carbocycles. The zero-order valence-corrected chi connectivity index (χ0v) is 14.2. The van der Waals surface area contributed by atoms with E-state index < -0.39 is 12.0 Å². The van der Waals surface area contributed by atoms with Gasteiger partial charge in [0.2, 0.25) is 0 Å². The number of hydrogen-bond donors (Lipinski definition) is 1. The van der Waals surface area contributed by atoms with E-state index in [1.54, 1.807) is 24.3 Å². The zero-order valence-electron chi connectivity index (χ0n) is 10.3. The van der Waals surface area contributed by atoms with E-state index in [4.69, 9.17) is 27.9 Å². The first-order chi connectivity index (χ1) is 9.51. The lowest BCUT2D eigenvalue weighted by atomic mass is 10.2. The maximum absolute atomic E-state index is 12.0. The second kappa shape index (κ2) is 6.80. The molecule has 0 fully saturated rings. The van der Waals surface area contributed by atoms with Gasteiger partial charge in [-0.05, 0) is 40.2 Å². The molecule has 0 amide bonds. The number of methoxy groups -OCH3 is 1. The molecule has 0 spiro atoms. The highest BCUT2D eigenvalue weighted by Crippen LogP contribution is 2.36. The van der Waals surface area contributed by atoms with Crippen LogP contribution in [0.2, 0.25) is 9.36 Å². The van der Waals surface area contributed by atoms with Crippen LogP contribution >= 0.6 is 50.5 Å². The highest BCUT2D eigenvalue weighted by atomic mass is 79.9. The molecule has 0 bridgehead atoms. The predicted molar refractivity (Wildman–Crippen MR) is 86.9 cm³/mol. The lowest BCUT2D eigenvalue weighted by molar-refractivity contribution is -0.141. The molecule has 3 nitrogen and oxygen atoms in total. The first-order valence-electron chi connectivity index (χ1n) is 5.56. The highest BCUT2D eigenvalue weighted by Gasteiger charge is 2.24. The number of carbonyl (C=O) groups is 1. The minimum absolute atomic E-state index is 0.393. The van der Waals surface area contributed by atoms with E-state index in [9.17, 15) is 4.79 Å². The molecule has 1 aromatic heterocycles. The molecular weight excluding hydrogens is 385 g/mol. The average Bonchev–Trinajstić information content (AvgIpc) is 2.75. The van der Waals surface area contributed by atoms with Crippen LogP contribution in [0, 0.1) is 0 Å². The molecule has 0 saturated heterocycles. The predicted octanol–water partition coefficient (Wildman–Crippen LogP) is 5.14.